The van der Waals surface area contributed by atoms with Gasteiger partial charge in [0.1, 0.15) is 11.4 Å². The summed E-state index contributed by atoms with van der Waals surface area (Å²) < 4.78 is 1.92. The van der Waals surface area contributed by atoms with Crippen LogP contribution in [-0.2, 0) is 17.4 Å². The van der Waals surface area contributed by atoms with E-state index in [2.05, 4.69) is 22.0 Å². The molecular weight excluding hydrogens is 420 g/mol. The van der Waals surface area contributed by atoms with Crippen LogP contribution in [0.3, 0.4) is 0 Å². The van der Waals surface area contributed by atoms with E-state index in [1.807, 2.05) is 59.1 Å². The minimum Gasteiger partial charge on any atom is -0.382 e. The molecule has 1 amide bonds. The smallest absolute Gasteiger partial charge is 0.245 e. The van der Waals surface area contributed by atoms with E-state index in [1.54, 1.807) is 18.0 Å². The number of para-hydroxylation sites is 2. The van der Waals surface area contributed by atoms with E-state index < -0.39 is 5.60 Å². The number of aryl methyl sites for hydroxylation is 1. The van der Waals surface area contributed by atoms with E-state index in [0.29, 0.717) is 19.4 Å². The fourth-order valence-corrected chi connectivity index (χ4v) is 6.83. The highest BCUT2D eigenvalue weighted by atomic mass is 32.2. The molecule has 3 aromatic rings. The summed E-state index contributed by atoms with van der Waals surface area (Å²) in [6, 6.07) is 16.6. The molecule has 164 valence electrons. The van der Waals surface area contributed by atoms with E-state index in [0.717, 1.165) is 39.8 Å². The van der Waals surface area contributed by atoms with Gasteiger partial charge in [-0.2, -0.15) is 0 Å². The first kappa shape index (κ1) is 20.0. The summed E-state index contributed by atoms with van der Waals surface area (Å²) in [5.41, 5.74) is 0.982. The van der Waals surface area contributed by atoms with Crippen molar-refractivity contribution in [1.29, 1.82) is 0 Å². The molecule has 1 aromatic heterocycles. The third kappa shape index (κ3) is 3.10. The topological polar surface area (TPSA) is 61.6 Å². The Kier molecular flexibility index (Phi) is 4.68. The number of nitrogens with zero attached hydrogens (tertiary/aromatic N) is 4. The molecule has 3 aliphatic rings. The Balaban J connectivity index is 1.28. The Labute approximate surface area is 191 Å². The molecule has 0 aliphatic carbocycles. The molecule has 7 heteroatoms. The van der Waals surface area contributed by atoms with Gasteiger partial charge in [0.2, 0.25) is 5.91 Å². The molecule has 1 N–H and O–H groups in total. The number of fused-ring (bicyclic) bond motifs is 4. The predicted molar refractivity (Wildman–Crippen MR) is 124 cm³/mol. The number of benzene rings is 2. The van der Waals surface area contributed by atoms with Crippen molar-refractivity contribution in [3.05, 3.63) is 66.7 Å². The zero-order chi connectivity index (χ0) is 21.9. The third-order valence-corrected chi connectivity index (χ3v) is 8.28. The second-order valence-corrected chi connectivity index (χ2v) is 10.2. The summed E-state index contributed by atoms with van der Waals surface area (Å²) in [7, 11) is 1.93. The van der Waals surface area contributed by atoms with Gasteiger partial charge < -0.3 is 9.67 Å². The van der Waals surface area contributed by atoms with E-state index in [4.69, 9.17) is 0 Å². The molecule has 0 radical (unpaired) electrons. The highest BCUT2D eigenvalue weighted by molar-refractivity contribution is 7.99. The minimum atomic E-state index is -0.926. The highest BCUT2D eigenvalue weighted by Crippen LogP contribution is 2.49. The summed E-state index contributed by atoms with van der Waals surface area (Å²) in [6.07, 6.45) is 6.87. The first-order valence-corrected chi connectivity index (χ1v) is 12.0. The number of aliphatic hydroxyl groups is 1. The number of hydrogen-bond donors (Lipinski definition) is 1. The fourth-order valence-electron chi connectivity index (χ4n) is 5.77. The van der Waals surface area contributed by atoms with Crippen LogP contribution in [-0.4, -0.2) is 44.1 Å². The summed E-state index contributed by atoms with van der Waals surface area (Å²) in [5, 5.41) is 11.4. The standard InChI is InChI=1S/C25H26N4O2S/c1-27-13-12-26-24(27)25(31)14-17-10-11-18(15-25)28(17)16-23(30)29-19-6-2-4-8-21(19)32-22-9-5-3-7-20(22)29/h2-9,12-13,17-18,31H,10-11,14-16H2,1H3/t17-,18-/m1/s1. The maximum atomic E-state index is 13.8. The lowest BCUT2D eigenvalue weighted by molar-refractivity contribution is -0.123. The number of imidazole rings is 1. The van der Waals surface area contributed by atoms with Crippen LogP contribution in [0.15, 0.2) is 70.7 Å². The summed E-state index contributed by atoms with van der Waals surface area (Å²) in [4.78, 5) is 24.6. The molecule has 2 saturated heterocycles. The van der Waals surface area contributed by atoms with Crippen molar-refractivity contribution < 1.29 is 9.90 Å². The SMILES string of the molecule is Cn1ccnc1C1(O)C[C@H]2CC[C@H](C1)N2CC(=O)N1c2ccccc2Sc2ccccc21. The number of aromatic nitrogens is 2. The van der Waals surface area contributed by atoms with Crippen LogP contribution in [0.2, 0.25) is 0 Å². The van der Waals surface area contributed by atoms with Crippen LogP contribution in [0.25, 0.3) is 0 Å². The Morgan fingerprint density at radius 3 is 2.22 bits per heavy atom. The van der Waals surface area contributed by atoms with Gasteiger partial charge >= 0.3 is 0 Å². The van der Waals surface area contributed by atoms with Gasteiger partial charge in [-0.3, -0.25) is 14.6 Å². The first-order valence-electron chi connectivity index (χ1n) is 11.2. The lowest BCUT2D eigenvalue weighted by Crippen LogP contribution is -2.53. The Morgan fingerprint density at radius 1 is 1.06 bits per heavy atom. The average molecular weight is 447 g/mol. The fraction of sp³-hybridized carbons (Fsp3) is 0.360. The minimum absolute atomic E-state index is 0.0875. The number of rotatable bonds is 3. The van der Waals surface area contributed by atoms with E-state index >= 15 is 0 Å². The Hall–Kier alpha value is -2.61. The summed E-state index contributed by atoms with van der Waals surface area (Å²) >= 11 is 1.71. The maximum absolute atomic E-state index is 13.8. The van der Waals surface area contributed by atoms with Gasteiger partial charge in [0, 0.05) is 41.3 Å². The molecule has 2 atom stereocenters. The monoisotopic (exact) mass is 446 g/mol. The van der Waals surface area contributed by atoms with Gasteiger partial charge in [0.05, 0.1) is 17.9 Å². The normalized spacial score (nSPS) is 26.6. The molecule has 2 aromatic carbocycles. The summed E-state index contributed by atoms with van der Waals surface area (Å²) in [5.74, 6) is 0.820. The van der Waals surface area contributed by atoms with Crippen molar-refractivity contribution in [2.75, 3.05) is 11.4 Å². The van der Waals surface area contributed by atoms with E-state index in [1.165, 1.54) is 0 Å². The lowest BCUT2D eigenvalue weighted by Gasteiger charge is -2.43. The number of carbonyl (C=O) groups is 1. The lowest BCUT2D eigenvalue weighted by atomic mass is 9.85. The number of anilines is 2. The molecule has 0 spiro atoms. The number of piperidine rings is 1. The third-order valence-electron chi connectivity index (χ3n) is 7.15. The molecular formula is C25H26N4O2S. The van der Waals surface area contributed by atoms with Crippen molar-refractivity contribution >= 4 is 29.0 Å². The van der Waals surface area contributed by atoms with Gasteiger partial charge in [0.25, 0.3) is 0 Å². The second kappa shape index (κ2) is 7.47. The van der Waals surface area contributed by atoms with Crippen molar-refractivity contribution in [1.82, 2.24) is 14.5 Å². The van der Waals surface area contributed by atoms with Gasteiger partial charge in [-0.25, -0.2) is 4.98 Å². The Morgan fingerprint density at radius 2 is 1.66 bits per heavy atom. The zero-order valence-electron chi connectivity index (χ0n) is 18.0. The van der Waals surface area contributed by atoms with Crippen molar-refractivity contribution in [3.8, 4) is 0 Å². The van der Waals surface area contributed by atoms with E-state index in [9.17, 15) is 9.90 Å². The number of carbonyl (C=O) groups excluding carboxylic acids is 1. The van der Waals surface area contributed by atoms with Crippen LogP contribution in [0, 0.1) is 0 Å². The Bertz CT molecular complexity index is 1130. The predicted octanol–water partition coefficient (Wildman–Crippen LogP) is 4.06. The molecule has 4 heterocycles. The van der Waals surface area contributed by atoms with Crippen molar-refractivity contribution in [2.45, 2.75) is 53.2 Å². The van der Waals surface area contributed by atoms with E-state index in [-0.39, 0.29) is 18.0 Å². The average Bonchev–Trinajstić information content (AvgIpc) is 3.33. The first-order chi connectivity index (χ1) is 15.5. The van der Waals surface area contributed by atoms with Crippen molar-refractivity contribution in [3.63, 3.8) is 0 Å². The molecule has 6 nitrogen and oxygen atoms in total. The van der Waals surface area contributed by atoms with Crippen molar-refractivity contribution in [2.24, 2.45) is 7.05 Å². The molecule has 6 rings (SSSR count). The zero-order valence-corrected chi connectivity index (χ0v) is 18.8. The van der Waals surface area contributed by atoms with Gasteiger partial charge in [0.15, 0.2) is 0 Å². The van der Waals surface area contributed by atoms with Gasteiger partial charge in [-0.1, -0.05) is 36.0 Å². The van der Waals surface area contributed by atoms with Crippen LogP contribution < -0.4 is 4.90 Å². The number of amides is 1. The van der Waals surface area contributed by atoms with Crippen LogP contribution in [0.1, 0.15) is 31.5 Å². The molecule has 0 unspecified atom stereocenters. The van der Waals surface area contributed by atoms with Crippen LogP contribution in [0.4, 0.5) is 11.4 Å². The quantitative estimate of drug-likeness (QED) is 0.657. The molecule has 0 saturated carbocycles. The summed E-state index contributed by atoms with van der Waals surface area (Å²) in [6.45, 7) is 0.360. The molecule has 32 heavy (non-hydrogen) atoms. The van der Waals surface area contributed by atoms with Crippen LogP contribution >= 0.6 is 11.8 Å². The van der Waals surface area contributed by atoms with Gasteiger partial charge in [-0.15, -0.1) is 0 Å². The molecule has 3 aliphatic heterocycles. The van der Waals surface area contributed by atoms with Gasteiger partial charge in [-0.05, 0) is 49.9 Å². The highest BCUT2D eigenvalue weighted by Gasteiger charge is 2.50. The molecule has 2 fully saturated rings. The second-order valence-electron chi connectivity index (χ2n) is 9.13. The number of hydrogen-bond acceptors (Lipinski definition) is 5. The maximum Gasteiger partial charge on any atom is 0.245 e. The largest absolute Gasteiger partial charge is 0.382 e. The molecule has 2 bridgehead atoms. The van der Waals surface area contributed by atoms with Crippen LogP contribution in [0.5, 0.6) is 0 Å².